The van der Waals surface area contributed by atoms with E-state index in [4.69, 9.17) is 14.9 Å². The van der Waals surface area contributed by atoms with Crippen molar-refractivity contribution >= 4 is 16.9 Å². The molecular formula is C12H8F3NO4. The number of fused-ring (bicyclic) bond motifs is 1. The summed E-state index contributed by atoms with van der Waals surface area (Å²) < 4.78 is 48.0. The van der Waals surface area contributed by atoms with E-state index in [1.807, 2.05) is 0 Å². The molecule has 0 aliphatic heterocycles. The number of primary amides is 1. The first kappa shape index (κ1) is 13.9. The van der Waals surface area contributed by atoms with Crippen LogP contribution in [0.1, 0.15) is 5.56 Å². The van der Waals surface area contributed by atoms with Crippen LogP contribution >= 0.6 is 0 Å². The van der Waals surface area contributed by atoms with E-state index in [2.05, 4.69) is 0 Å². The number of halogens is 3. The predicted octanol–water partition coefficient (Wildman–Crippen LogP) is 1.68. The second-order valence-electron chi connectivity index (χ2n) is 3.89. The lowest BCUT2D eigenvalue weighted by Gasteiger charge is -2.10. The smallest absolute Gasteiger partial charge is 0.417 e. The minimum Gasteiger partial charge on any atom is -0.484 e. The number of carbonyl (C=O) groups is 1. The maximum absolute atomic E-state index is 12.8. The van der Waals surface area contributed by atoms with Crippen LogP contribution in [0.5, 0.6) is 5.75 Å². The molecule has 1 aromatic carbocycles. The van der Waals surface area contributed by atoms with Crippen molar-refractivity contribution in [1.82, 2.24) is 0 Å². The van der Waals surface area contributed by atoms with Gasteiger partial charge in [0.15, 0.2) is 6.61 Å². The number of benzene rings is 1. The van der Waals surface area contributed by atoms with Crippen molar-refractivity contribution in [3.8, 4) is 5.75 Å². The quantitative estimate of drug-likeness (QED) is 0.870. The summed E-state index contributed by atoms with van der Waals surface area (Å²) in [7, 11) is 0. The van der Waals surface area contributed by atoms with E-state index in [1.165, 1.54) is 6.07 Å². The van der Waals surface area contributed by atoms with Gasteiger partial charge in [0.2, 0.25) is 0 Å². The molecule has 0 atom stereocenters. The Balaban J connectivity index is 2.54. The molecule has 0 bridgehead atoms. The average Bonchev–Trinajstić information content (AvgIpc) is 2.33. The summed E-state index contributed by atoms with van der Waals surface area (Å²) >= 11 is 0. The zero-order valence-electron chi connectivity index (χ0n) is 9.86. The Bertz CT molecular complexity index is 721. The van der Waals surface area contributed by atoms with Gasteiger partial charge in [0.25, 0.3) is 5.91 Å². The maximum Gasteiger partial charge on any atom is 0.417 e. The second-order valence-corrected chi connectivity index (χ2v) is 3.89. The van der Waals surface area contributed by atoms with Gasteiger partial charge in [-0.2, -0.15) is 13.2 Å². The normalized spacial score (nSPS) is 11.6. The van der Waals surface area contributed by atoms with Crippen LogP contribution in [0.15, 0.2) is 33.5 Å². The number of alkyl halides is 3. The molecule has 2 aromatic rings. The van der Waals surface area contributed by atoms with Crippen molar-refractivity contribution in [1.29, 1.82) is 0 Å². The van der Waals surface area contributed by atoms with Gasteiger partial charge < -0.3 is 14.9 Å². The molecule has 20 heavy (non-hydrogen) atoms. The van der Waals surface area contributed by atoms with Crippen LogP contribution in [0.25, 0.3) is 11.0 Å². The van der Waals surface area contributed by atoms with Crippen molar-refractivity contribution in [2.45, 2.75) is 6.18 Å². The van der Waals surface area contributed by atoms with E-state index in [9.17, 15) is 22.8 Å². The highest BCUT2D eigenvalue weighted by Gasteiger charge is 2.33. The van der Waals surface area contributed by atoms with Crippen LogP contribution in [-0.4, -0.2) is 12.5 Å². The minimum absolute atomic E-state index is 0.0683. The first-order valence-corrected chi connectivity index (χ1v) is 5.33. The molecule has 8 heteroatoms. The standard InChI is InChI=1S/C12H8F3NO4/c13-12(14,15)8-4-11(18)20-9-3-6(1-2-7(8)9)19-5-10(16)17/h1-4H,5H2,(H2,16,17). The summed E-state index contributed by atoms with van der Waals surface area (Å²) in [6.07, 6.45) is -4.68. The molecule has 0 aliphatic carbocycles. The van der Waals surface area contributed by atoms with Crippen molar-refractivity contribution in [3.05, 3.63) is 40.2 Å². The summed E-state index contributed by atoms with van der Waals surface area (Å²) in [5.41, 5.74) is 2.37. The number of ether oxygens (including phenoxy) is 1. The largest absolute Gasteiger partial charge is 0.484 e. The molecule has 5 nitrogen and oxygen atoms in total. The Kier molecular flexibility index (Phi) is 3.39. The molecule has 0 saturated heterocycles. The molecule has 1 aromatic heterocycles. The van der Waals surface area contributed by atoms with Crippen LogP contribution < -0.4 is 16.1 Å². The molecule has 1 amide bonds. The molecule has 106 valence electrons. The van der Waals surface area contributed by atoms with Gasteiger partial charge in [-0.15, -0.1) is 0 Å². The fraction of sp³-hybridized carbons (Fsp3) is 0.167. The zero-order valence-corrected chi connectivity index (χ0v) is 9.86. The molecule has 0 saturated carbocycles. The number of nitrogens with two attached hydrogens (primary N) is 1. The minimum atomic E-state index is -4.68. The second kappa shape index (κ2) is 4.87. The van der Waals surface area contributed by atoms with Crippen LogP contribution in [0.2, 0.25) is 0 Å². The molecular weight excluding hydrogens is 279 g/mol. The first-order valence-electron chi connectivity index (χ1n) is 5.33. The molecule has 0 spiro atoms. The van der Waals surface area contributed by atoms with E-state index in [1.54, 1.807) is 0 Å². The Hall–Kier alpha value is -2.51. The van der Waals surface area contributed by atoms with Gasteiger partial charge in [-0.1, -0.05) is 0 Å². The number of hydrogen-bond acceptors (Lipinski definition) is 4. The van der Waals surface area contributed by atoms with Gasteiger partial charge in [0.05, 0.1) is 5.56 Å². The van der Waals surface area contributed by atoms with Crippen LogP contribution in [0.3, 0.4) is 0 Å². The molecule has 2 N–H and O–H groups in total. The highest BCUT2D eigenvalue weighted by molar-refractivity contribution is 5.82. The molecule has 2 rings (SSSR count). The van der Waals surface area contributed by atoms with Gasteiger partial charge >= 0.3 is 11.8 Å². The molecule has 0 aliphatic rings. The molecule has 0 fully saturated rings. The monoisotopic (exact) mass is 287 g/mol. The number of rotatable bonds is 3. The Morgan fingerprint density at radius 2 is 2.00 bits per heavy atom. The van der Waals surface area contributed by atoms with Crippen molar-refractivity contribution in [2.75, 3.05) is 6.61 Å². The van der Waals surface area contributed by atoms with E-state index in [-0.39, 0.29) is 16.7 Å². The maximum atomic E-state index is 12.8. The van der Waals surface area contributed by atoms with Gasteiger partial charge in [-0.3, -0.25) is 4.79 Å². The number of amides is 1. The SMILES string of the molecule is NC(=O)COc1ccc2c(C(F)(F)F)cc(=O)oc2c1. The van der Waals surface area contributed by atoms with Crippen LogP contribution in [0.4, 0.5) is 13.2 Å². The predicted molar refractivity (Wildman–Crippen MR) is 62.2 cm³/mol. The molecule has 0 unspecified atom stereocenters. The lowest BCUT2D eigenvalue weighted by Crippen LogP contribution is -2.20. The summed E-state index contributed by atoms with van der Waals surface area (Å²) in [5.74, 6) is -0.672. The lowest BCUT2D eigenvalue weighted by atomic mass is 10.1. The third-order valence-corrected chi connectivity index (χ3v) is 2.40. The highest BCUT2D eigenvalue weighted by atomic mass is 19.4. The Labute approximate surface area is 109 Å². The molecule has 0 radical (unpaired) electrons. The Morgan fingerprint density at radius 1 is 1.30 bits per heavy atom. The average molecular weight is 287 g/mol. The van der Waals surface area contributed by atoms with E-state index in [0.29, 0.717) is 6.07 Å². The topological polar surface area (TPSA) is 82.5 Å². The van der Waals surface area contributed by atoms with E-state index < -0.39 is 29.9 Å². The zero-order chi connectivity index (χ0) is 14.9. The van der Waals surface area contributed by atoms with Crippen molar-refractivity contribution < 1.29 is 27.1 Å². The number of carbonyl (C=O) groups excluding carboxylic acids is 1. The summed E-state index contributed by atoms with van der Waals surface area (Å²) in [6.45, 7) is -0.436. The molecule has 1 heterocycles. The Morgan fingerprint density at radius 3 is 2.60 bits per heavy atom. The third kappa shape index (κ3) is 2.90. The first-order chi connectivity index (χ1) is 9.27. The van der Waals surface area contributed by atoms with E-state index in [0.717, 1.165) is 12.1 Å². The lowest BCUT2D eigenvalue weighted by molar-refractivity contribution is -0.136. The fourth-order valence-electron chi connectivity index (χ4n) is 1.62. The summed E-state index contributed by atoms with van der Waals surface area (Å²) in [5, 5.41) is -0.275. The number of hydrogen-bond donors (Lipinski definition) is 1. The fourth-order valence-corrected chi connectivity index (χ4v) is 1.62. The van der Waals surface area contributed by atoms with Crippen molar-refractivity contribution in [2.24, 2.45) is 5.73 Å². The third-order valence-electron chi connectivity index (χ3n) is 2.40. The summed E-state index contributed by atoms with van der Waals surface area (Å²) in [6, 6.07) is 3.79. The van der Waals surface area contributed by atoms with E-state index >= 15 is 0 Å². The van der Waals surface area contributed by atoms with Crippen LogP contribution in [-0.2, 0) is 11.0 Å². The van der Waals surface area contributed by atoms with Gasteiger partial charge in [0, 0.05) is 17.5 Å². The highest BCUT2D eigenvalue weighted by Crippen LogP contribution is 2.34. The summed E-state index contributed by atoms with van der Waals surface area (Å²) in [4.78, 5) is 21.7. The van der Waals surface area contributed by atoms with Gasteiger partial charge in [-0.25, -0.2) is 4.79 Å². The van der Waals surface area contributed by atoms with Crippen molar-refractivity contribution in [3.63, 3.8) is 0 Å². The van der Waals surface area contributed by atoms with Gasteiger partial charge in [0.1, 0.15) is 11.3 Å². The van der Waals surface area contributed by atoms with Gasteiger partial charge in [-0.05, 0) is 12.1 Å². The van der Waals surface area contributed by atoms with Crippen LogP contribution in [0, 0.1) is 0 Å².